The summed E-state index contributed by atoms with van der Waals surface area (Å²) in [4.78, 5) is 19.1. The van der Waals surface area contributed by atoms with Crippen molar-refractivity contribution in [2.45, 2.75) is 59.0 Å². The van der Waals surface area contributed by atoms with E-state index >= 15 is 0 Å². The van der Waals surface area contributed by atoms with Crippen molar-refractivity contribution in [2.24, 2.45) is 17.8 Å². The molecule has 4 nitrogen and oxygen atoms in total. The van der Waals surface area contributed by atoms with Gasteiger partial charge in [0.25, 0.3) is 0 Å². The average molecular weight is 330 g/mol. The van der Waals surface area contributed by atoms with E-state index in [1.165, 1.54) is 12.8 Å². The van der Waals surface area contributed by atoms with Gasteiger partial charge in [-0.15, -0.1) is 0 Å². The number of pyridine rings is 1. The first-order valence-corrected chi connectivity index (χ1v) is 9.41. The molecule has 0 aromatic carbocycles. The van der Waals surface area contributed by atoms with Crippen LogP contribution in [-0.4, -0.2) is 35.0 Å². The fraction of sp³-hybridized carbons (Fsp3) is 0.700. The third kappa shape index (κ3) is 4.08. The maximum absolute atomic E-state index is 12.8. The number of rotatable bonds is 4. The lowest BCUT2D eigenvalue weighted by Gasteiger charge is -2.32. The Morgan fingerprint density at radius 2 is 1.96 bits per heavy atom. The van der Waals surface area contributed by atoms with Crippen molar-refractivity contribution in [1.29, 1.82) is 0 Å². The summed E-state index contributed by atoms with van der Waals surface area (Å²) in [5.74, 6) is 2.79. The topological polar surface area (TPSA) is 42.4 Å². The van der Waals surface area contributed by atoms with E-state index in [1.807, 2.05) is 30.2 Å². The number of hydrogen-bond donors (Lipinski definition) is 0. The van der Waals surface area contributed by atoms with Gasteiger partial charge < -0.3 is 9.64 Å². The number of ether oxygens (including phenoxy) is 1. The number of carbonyl (C=O) groups excluding carboxylic acids is 1. The molecule has 2 heterocycles. The van der Waals surface area contributed by atoms with E-state index in [0.717, 1.165) is 43.2 Å². The van der Waals surface area contributed by atoms with Crippen LogP contribution in [0, 0.1) is 24.7 Å². The van der Waals surface area contributed by atoms with Crippen LogP contribution in [0.1, 0.15) is 51.5 Å². The fourth-order valence-corrected chi connectivity index (χ4v) is 4.01. The van der Waals surface area contributed by atoms with Gasteiger partial charge in [0.1, 0.15) is 6.10 Å². The van der Waals surface area contributed by atoms with Crippen LogP contribution in [0.5, 0.6) is 5.88 Å². The Morgan fingerprint density at radius 1 is 1.21 bits per heavy atom. The van der Waals surface area contributed by atoms with Crippen molar-refractivity contribution in [1.82, 2.24) is 9.88 Å². The van der Waals surface area contributed by atoms with Gasteiger partial charge in [-0.05, 0) is 50.0 Å². The van der Waals surface area contributed by atoms with Gasteiger partial charge in [0.15, 0.2) is 0 Å². The van der Waals surface area contributed by atoms with Gasteiger partial charge >= 0.3 is 0 Å². The standard InChI is InChI=1S/C20H30N2O2/c1-14(2)16-5-7-17(8-6-16)20(23)22-11-10-18(13-22)24-19-9-4-15(3)12-21-19/h4,9,12,14,16-18H,5-8,10-11,13H2,1-3H3. The summed E-state index contributed by atoms with van der Waals surface area (Å²) in [5.41, 5.74) is 1.13. The van der Waals surface area contributed by atoms with Gasteiger partial charge in [0, 0.05) is 31.1 Å². The zero-order chi connectivity index (χ0) is 17.1. The van der Waals surface area contributed by atoms with Crippen molar-refractivity contribution in [3.63, 3.8) is 0 Å². The maximum atomic E-state index is 12.8. The van der Waals surface area contributed by atoms with E-state index in [9.17, 15) is 4.79 Å². The quantitative estimate of drug-likeness (QED) is 0.842. The smallest absolute Gasteiger partial charge is 0.225 e. The molecule has 132 valence electrons. The Labute approximate surface area is 145 Å². The molecule has 2 aliphatic rings. The van der Waals surface area contributed by atoms with Crippen molar-refractivity contribution in [2.75, 3.05) is 13.1 Å². The van der Waals surface area contributed by atoms with Crippen LogP contribution in [0.25, 0.3) is 0 Å². The Bertz CT molecular complexity index is 547. The molecule has 0 bridgehead atoms. The second-order valence-corrected chi connectivity index (χ2v) is 7.84. The van der Waals surface area contributed by atoms with Crippen LogP contribution in [0.15, 0.2) is 18.3 Å². The fourth-order valence-electron chi connectivity index (χ4n) is 4.01. The molecule has 1 saturated heterocycles. The van der Waals surface area contributed by atoms with Crippen LogP contribution in [0.2, 0.25) is 0 Å². The predicted octanol–water partition coefficient (Wildman–Crippen LogP) is 3.83. The third-order valence-electron chi connectivity index (χ3n) is 5.69. The molecule has 1 aromatic heterocycles. The number of nitrogens with zero attached hydrogens (tertiary/aromatic N) is 2. The second kappa shape index (κ2) is 7.54. The molecule has 24 heavy (non-hydrogen) atoms. The SMILES string of the molecule is Cc1ccc(OC2CCN(C(=O)C3CCC(C(C)C)CC3)C2)nc1. The number of aromatic nitrogens is 1. The van der Waals surface area contributed by atoms with E-state index in [4.69, 9.17) is 4.74 Å². The summed E-state index contributed by atoms with van der Waals surface area (Å²) in [5, 5.41) is 0. The van der Waals surface area contributed by atoms with E-state index < -0.39 is 0 Å². The van der Waals surface area contributed by atoms with Crippen molar-refractivity contribution >= 4 is 5.91 Å². The first-order valence-electron chi connectivity index (χ1n) is 9.41. The first kappa shape index (κ1) is 17.2. The van der Waals surface area contributed by atoms with Gasteiger partial charge in [0.2, 0.25) is 11.8 Å². The molecule has 1 aromatic rings. The molecule has 1 amide bonds. The Hall–Kier alpha value is -1.58. The molecular formula is C20H30N2O2. The number of carbonyl (C=O) groups is 1. The summed E-state index contributed by atoms with van der Waals surface area (Å²) in [7, 11) is 0. The summed E-state index contributed by atoms with van der Waals surface area (Å²) in [6, 6.07) is 3.92. The van der Waals surface area contributed by atoms with Gasteiger partial charge in [0.05, 0.1) is 6.54 Å². The predicted molar refractivity (Wildman–Crippen MR) is 94.9 cm³/mol. The normalized spacial score (nSPS) is 27.5. The molecule has 4 heteroatoms. The van der Waals surface area contributed by atoms with Crippen LogP contribution < -0.4 is 4.74 Å². The highest BCUT2D eigenvalue weighted by Gasteiger charge is 2.34. The minimum absolute atomic E-state index is 0.0798. The second-order valence-electron chi connectivity index (χ2n) is 7.84. The lowest BCUT2D eigenvalue weighted by atomic mass is 9.76. The average Bonchev–Trinajstić information content (AvgIpc) is 3.05. The molecule has 1 atom stereocenters. The Balaban J connectivity index is 1.48. The summed E-state index contributed by atoms with van der Waals surface area (Å²) >= 11 is 0. The van der Waals surface area contributed by atoms with Crippen LogP contribution in [-0.2, 0) is 4.79 Å². The molecule has 0 radical (unpaired) electrons. The zero-order valence-electron chi connectivity index (χ0n) is 15.2. The van der Waals surface area contributed by atoms with Gasteiger partial charge in [-0.25, -0.2) is 4.98 Å². The van der Waals surface area contributed by atoms with E-state index in [1.54, 1.807) is 0 Å². The molecule has 0 N–H and O–H groups in total. The zero-order valence-corrected chi connectivity index (χ0v) is 15.2. The first-order chi connectivity index (χ1) is 11.5. The Morgan fingerprint density at radius 3 is 2.58 bits per heavy atom. The van der Waals surface area contributed by atoms with Crippen molar-refractivity contribution < 1.29 is 9.53 Å². The lowest BCUT2D eigenvalue weighted by molar-refractivity contribution is -0.136. The molecular weight excluding hydrogens is 300 g/mol. The van der Waals surface area contributed by atoms with Gasteiger partial charge in [-0.3, -0.25) is 4.79 Å². The minimum atomic E-state index is 0.0798. The van der Waals surface area contributed by atoms with E-state index in [-0.39, 0.29) is 12.0 Å². The van der Waals surface area contributed by atoms with Gasteiger partial charge in [-0.2, -0.15) is 0 Å². The summed E-state index contributed by atoms with van der Waals surface area (Å²) in [6.07, 6.45) is 7.33. The van der Waals surface area contributed by atoms with Crippen LogP contribution in [0.4, 0.5) is 0 Å². The summed E-state index contributed by atoms with van der Waals surface area (Å²) < 4.78 is 5.94. The number of likely N-dealkylation sites (tertiary alicyclic amines) is 1. The molecule has 0 spiro atoms. The molecule has 1 unspecified atom stereocenters. The van der Waals surface area contributed by atoms with Gasteiger partial charge in [-0.1, -0.05) is 19.9 Å². The van der Waals surface area contributed by atoms with E-state index in [0.29, 0.717) is 18.3 Å². The largest absolute Gasteiger partial charge is 0.472 e. The minimum Gasteiger partial charge on any atom is -0.472 e. The lowest BCUT2D eigenvalue weighted by Crippen LogP contribution is -2.37. The molecule has 3 rings (SSSR count). The molecule has 2 fully saturated rings. The highest BCUT2D eigenvalue weighted by Crippen LogP contribution is 2.34. The monoisotopic (exact) mass is 330 g/mol. The van der Waals surface area contributed by atoms with Crippen molar-refractivity contribution in [3.8, 4) is 5.88 Å². The molecule has 1 aliphatic heterocycles. The van der Waals surface area contributed by atoms with Crippen LogP contribution >= 0.6 is 0 Å². The molecule has 1 aliphatic carbocycles. The van der Waals surface area contributed by atoms with Crippen molar-refractivity contribution in [3.05, 3.63) is 23.9 Å². The highest BCUT2D eigenvalue weighted by atomic mass is 16.5. The maximum Gasteiger partial charge on any atom is 0.225 e. The summed E-state index contributed by atoms with van der Waals surface area (Å²) in [6.45, 7) is 8.14. The number of aryl methyl sites for hydroxylation is 1. The Kier molecular flexibility index (Phi) is 5.42. The number of amides is 1. The highest BCUT2D eigenvalue weighted by molar-refractivity contribution is 5.79. The van der Waals surface area contributed by atoms with Crippen LogP contribution in [0.3, 0.4) is 0 Å². The third-order valence-corrected chi connectivity index (χ3v) is 5.69. The van der Waals surface area contributed by atoms with E-state index in [2.05, 4.69) is 18.8 Å². The number of hydrogen-bond acceptors (Lipinski definition) is 3. The molecule has 1 saturated carbocycles.